The third kappa shape index (κ3) is 8.94. The first-order valence-electron chi connectivity index (χ1n) is 6.13. The minimum Gasteiger partial charge on any atom is -0.338 e. The molecule has 7 heteroatoms. The first-order chi connectivity index (χ1) is 8.91. The Balaban J connectivity index is 3.97. The molecule has 19 heavy (non-hydrogen) atoms. The van der Waals surface area contributed by atoms with Gasteiger partial charge in [0.1, 0.15) is 5.70 Å². The summed E-state index contributed by atoms with van der Waals surface area (Å²) in [4.78, 5) is 11.2. The van der Waals surface area contributed by atoms with Crippen molar-refractivity contribution < 1.29 is 18.0 Å². The Hall–Kier alpha value is -1.71. The fourth-order valence-electron chi connectivity index (χ4n) is 1.35. The van der Waals surface area contributed by atoms with Gasteiger partial charge in [-0.2, -0.15) is 18.4 Å². The van der Waals surface area contributed by atoms with Crippen molar-refractivity contribution in [3.8, 4) is 6.07 Å². The highest BCUT2D eigenvalue weighted by molar-refractivity contribution is 5.76. The largest absolute Gasteiger partial charge is 0.432 e. The zero-order valence-electron chi connectivity index (χ0n) is 10.8. The van der Waals surface area contributed by atoms with Crippen LogP contribution in [0.25, 0.3) is 0 Å². The first-order valence-corrected chi connectivity index (χ1v) is 6.13. The molecule has 0 aromatic rings. The number of nitrogens with one attached hydrogen (secondary N) is 2. The van der Waals surface area contributed by atoms with Crippen molar-refractivity contribution in [3.05, 3.63) is 11.8 Å². The average Bonchev–Trinajstić information content (AvgIpc) is 2.32. The molecule has 0 fully saturated rings. The highest BCUT2D eigenvalue weighted by atomic mass is 19.4. The maximum absolute atomic E-state index is 12.3. The molecule has 0 aliphatic heterocycles. The summed E-state index contributed by atoms with van der Waals surface area (Å²) in [6.07, 6.45) is 0.416. The summed E-state index contributed by atoms with van der Waals surface area (Å²) in [5.74, 6) is 0. The number of halogens is 3. The summed E-state index contributed by atoms with van der Waals surface area (Å²) in [6, 6.07) is 0.296. The van der Waals surface area contributed by atoms with Crippen LogP contribution in [-0.2, 0) is 0 Å². The monoisotopic (exact) mass is 277 g/mol. The number of carbonyl (C=O) groups excluding carboxylic acids is 1. The van der Waals surface area contributed by atoms with E-state index in [0.29, 0.717) is 6.54 Å². The van der Waals surface area contributed by atoms with Crippen molar-refractivity contribution in [1.82, 2.24) is 10.6 Å². The van der Waals surface area contributed by atoms with E-state index in [0.717, 1.165) is 32.1 Å². The second-order valence-corrected chi connectivity index (χ2v) is 3.98. The molecule has 0 heterocycles. The van der Waals surface area contributed by atoms with E-state index in [4.69, 9.17) is 5.26 Å². The molecule has 2 amide bonds. The predicted molar refractivity (Wildman–Crippen MR) is 65.0 cm³/mol. The minimum atomic E-state index is -4.74. The second kappa shape index (κ2) is 9.25. The number of hydrogen-bond donors (Lipinski definition) is 2. The van der Waals surface area contributed by atoms with Gasteiger partial charge in [-0.3, -0.25) is 0 Å². The van der Waals surface area contributed by atoms with Crippen LogP contribution >= 0.6 is 0 Å². The van der Waals surface area contributed by atoms with Gasteiger partial charge in [-0.1, -0.05) is 32.6 Å². The molecular formula is C12H18F3N3O. The van der Waals surface area contributed by atoms with E-state index in [1.807, 2.05) is 0 Å². The number of unbranched alkanes of at least 4 members (excludes halogenated alkanes) is 4. The van der Waals surface area contributed by atoms with Gasteiger partial charge >= 0.3 is 12.2 Å². The maximum Gasteiger partial charge on any atom is 0.432 e. The van der Waals surface area contributed by atoms with Crippen LogP contribution in [0.4, 0.5) is 18.0 Å². The number of amides is 2. The van der Waals surface area contributed by atoms with E-state index < -0.39 is 17.9 Å². The SMILES string of the molecule is CCCCCCCNC(=O)NC(=CC#N)C(F)(F)F. The molecule has 0 rings (SSSR count). The van der Waals surface area contributed by atoms with E-state index in [-0.39, 0.29) is 6.08 Å². The molecule has 0 saturated carbocycles. The zero-order chi connectivity index (χ0) is 14.7. The van der Waals surface area contributed by atoms with Crippen molar-refractivity contribution in [2.45, 2.75) is 45.2 Å². The van der Waals surface area contributed by atoms with Crippen LogP contribution in [0.1, 0.15) is 39.0 Å². The van der Waals surface area contributed by atoms with E-state index >= 15 is 0 Å². The molecule has 0 atom stereocenters. The predicted octanol–water partition coefficient (Wildman–Crippen LogP) is 3.23. The zero-order valence-corrected chi connectivity index (χ0v) is 10.8. The molecule has 0 saturated heterocycles. The van der Waals surface area contributed by atoms with Gasteiger partial charge in [0.2, 0.25) is 0 Å². The lowest BCUT2D eigenvalue weighted by Crippen LogP contribution is -2.39. The normalized spacial score (nSPS) is 11.8. The number of nitrogens with zero attached hydrogens (tertiary/aromatic N) is 1. The Morgan fingerprint density at radius 1 is 1.26 bits per heavy atom. The molecule has 0 aromatic carbocycles. The average molecular weight is 277 g/mol. The van der Waals surface area contributed by atoms with Gasteiger partial charge < -0.3 is 10.6 Å². The summed E-state index contributed by atoms with van der Waals surface area (Å²) in [5.41, 5.74) is -1.36. The molecule has 0 aliphatic rings. The minimum absolute atomic E-state index is 0.265. The van der Waals surface area contributed by atoms with Gasteiger partial charge in [0.15, 0.2) is 0 Å². The van der Waals surface area contributed by atoms with Crippen LogP contribution in [0.5, 0.6) is 0 Å². The van der Waals surface area contributed by atoms with E-state index in [9.17, 15) is 18.0 Å². The molecule has 0 aliphatic carbocycles. The van der Waals surface area contributed by atoms with Crippen LogP contribution in [-0.4, -0.2) is 18.8 Å². The van der Waals surface area contributed by atoms with Crippen molar-refractivity contribution in [2.75, 3.05) is 6.54 Å². The van der Waals surface area contributed by atoms with Gasteiger partial charge in [-0.15, -0.1) is 0 Å². The van der Waals surface area contributed by atoms with E-state index in [2.05, 4.69) is 12.2 Å². The molecule has 0 bridgehead atoms. The lowest BCUT2D eigenvalue weighted by molar-refractivity contribution is -0.0954. The van der Waals surface area contributed by atoms with Crippen LogP contribution in [0.15, 0.2) is 11.8 Å². The number of urea groups is 1. The van der Waals surface area contributed by atoms with Gasteiger partial charge in [0.25, 0.3) is 0 Å². The fourth-order valence-corrected chi connectivity index (χ4v) is 1.35. The molecule has 0 spiro atoms. The second-order valence-electron chi connectivity index (χ2n) is 3.98. The fraction of sp³-hybridized carbons (Fsp3) is 0.667. The van der Waals surface area contributed by atoms with Gasteiger partial charge in [0.05, 0.1) is 6.07 Å². The Labute approximate surface area is 110 Å². The number of carbonyl (C=O) groups is 1. The highest BCUT2D eigenvalue weighted by Gasteiger charge is 2.35. The van der Waals surface area contributed by atoms with Crippen molar-refractivity contribution in [3.63, 3.8) is 0 Å². The Morgan fingerprint density at radius 2 is 1.89 bits per heavy atom. The van der Waals surface area contributed by atoms with Gasteiger partial charge in [-0.05, 0) is 6.42 Å². The van der Waals surface area contributed by atoms with E-state index in [1.165, 1.54) is 6.07 Å². The summed E-state index contributed by atoms with van der Waals surface area (Å²) >= 11 is 0. The lowest BCUT2D eigenvalue weighted by atomic mass is 10.1. The number of hydrogen-bond acceptors (Lipinski definition) is 2. The lowest BCUT2D eigenvalue weighted by Gasteiger charge is -2.12. The molecule has 4 nitrogen and oxygen atoms in total. The Bertz CT molecular complexity index is 345. The Kier molecular flexibility index (Phi) is 8.42. The van der Waals surface area contributed by atoms with Gasteiger partial charge in [0, 0.05) is 12.6 Å². The van der Waals surface area contributed by atoms with Crippen LogP contribution < -0.4 is 10.6 Å². The Morgan fingerprint density at radius 3 is 2.42 bits per heavy atom. The molecular weight excluding hydrogens is 259 g/mol. The molecule has 0 unspecified atom stereocenters. The highest BCUT2D eigenvalue weighted by Crippen LogP contribution is 2.22. The number of rotatable bonds is 7. The molecule has 2 N–H and O–H groups in total. The van der Waals surface area contributed by atoms with Crippen molar-refractivity contribution in [1.29, 1.82) is 5.26 Å². The third-order valence-corrected chi connectivity index (χ3v) is 2.33. The van der Waals surface area contributed by atoms with Crippen LogP contribution in [0.3, 0.4) is 0 Å². The van der Waals surface area contributed by atoms with Crippen molar-refractivity contribution in [2.24, 2.45) is 0 Å². The standard InChI is InChI=1S/C12H18F3N3O/c1-2-3-4-5-6-9-17-11(19)18-10(7-8-16)12(13,14)15/h7H,2-6,9H2,1H3,(H2,17,18,19). The summed E-state index contributed by atoms with van der Waals surface area (Å²) in [6.45, 7) is 2.39. The van der Waals surface area contributed by atoms with E-state index in [1.54, 1.807) is 5.32 Å². The first kappa shape index (κ1) is 17.3. The summed E-state index contributed by atoms with van der Waals surface area (Å²) in [5, 5.41) is 12.2. The number of nitriles is 1. The number of alkyl halides is 3. The summed E-state index contributed by atoms with van der Waals surface area (Å²) < 4.78 is 37.0. The molecule has 0 radical (unpaired) electrons. The topological polar surface area (TPSA) is 64.9 Å². The maximum atomic E-state index is 12.3. The van der Waals surface area contributed by atoms with Crippen molar-refractivity contribution >= 4 is 6.03 Å². The molecule has 108 valence electrons. The number of allylic oxidation sites excluding steroid dienone is 2. The third-order valence-electron chi connectivity index (χ3n) is 2.33. The quantitative estimate of drug-likeness (QED) is 0.554. The summed E-state index contributed by atoms with van der Waals surface area (Å²) in [7, 11) is 0. The molecule has 0 aromatic heterocycles. The van der Waals surface area contributed by atoms with Crippen LogP contribution in [0.2, 0.25) is 0 Å². The van der Waals surface area contributed by atoms with Crippen LogP contribution in [0, 0.1) is 11.3 Å². The smallest absolute Gasteiger partial charge is 0.338 e. The van der Waals surface area contributed by atoms with Gasteiger partial charge in [-0.25, -0.2) is 4.79 Å².